The number of pyridine rings is 1. The molecule has 0 aliphatic rings. The molecule has 0 aliphatic carbocycles. The van der Waals surface area contributed by atoms with Gasteiger partial charge in [0.05, 0.1) is 5.52 Å². The molecule has 2 heterocycles. The van der Waals surface area contributed by atoms with Crippen molar-refractivity contribution < 1.29 is 9.90 Å². The fraction of sp³-hybridized carbons (Fsp3) is 0.200. The molecule has 0 aliphatic heterocycles. The van der Waals surface area contributed by atoms with Crippen molar-refractivity contribution in [1.82, 2.24) is 14.5 Å². The molecule has 1 unspecified atom stereocenters. The topological polar surface area (TPSA) is 105 Å². The highest BCUT2D eigenvalue weighted by atomic mass is 16.4. The lowest BCUT2D eigenvalue weighted by Gasteiger charge is -2.09. The fourth-order valence-corrected chi connectivity index (χ4v) is 1.52. The number of aromatic nitrogens is 3. The van der Waals surface area contributed by atoms with E-state index in [1.165, 1.54) is 19.2 Å². The predicted molar refractivity (Wildman–Crippen MR) is 59.0 cm³/mol. The quantitative estimate of drug-likeness (QED) is 0.745. The van der Waals surface area contributed by atoms with E-state index in [-0.39, 0.29) is 11.0 Å². The van der Waals surface area contributed by atoms with Gasteiger partial charge in [0.25, 0.3) is 5.56 Å². The Bertz CT molecular complexity index is 700. The van der Waals surface area contributed by atoms with Crippen LogP contribution in [0.5, 0.6) is 0 Å². The van der Waals surface area contributed by atoms with E-state index in [1.807, 2.05) is 0 Å². The van der Waals surface area contributed by atoms with Crippen LogP contribution in [0, 0.1) is 0 Å². The molecule has 0 amide bonds. The van der Waals surface area contributed by atoms with Gasteiger partial charge in [0.15, 0.2) is 5.52 Å². The van der Waals surface area contributed by atoms with E-state index in [1.54, 1.807) is 6.07 Å². The zero-order valence-corrected chi connectivity index (χ0v) is 8.88. The molecule has 88 valence electrons. The first-order valence-corrected chi connectivity index (χ1v) is 4.84. The molecule has 2 aromatic rings. The van der Waals surface area contributed by atoms with Crippen molar-refractivity contribution in [3.63, 3.8) is 0 Å². The van der Waals surface area contributed by atoms with Crippen LogP contribution in [-0.2, 0) is 4.79 Å². The summed E-state index contributed by atoms with van der Waals surface area (Å²) in [4.78, 5) is 40.6. The minimum absolute atomic E-state index is 0.0419. The number of aromatic amines is 1. The van der Waals surface area contributed by atoms with Crippen LogP contribution in [0.1, 0.15) is 13.0 Å². The summed E-state index contributed by atoms with van der Waals surface area (Å²) in [6.07, 6.45) is 1.40. The van der Waals surface area contributed by atoms with Gasteiger partial charge < -0.3 is 10.1 Å². The standard InChI is InChI=1S/C10H9N3O4/c1-5(9(15)16)13-8(14)7-6(12-10(13)17)3-2-4-11-7/h2-5H,1H3,(H,12,17)(H,15,16). The Morgan fingerprint density at radius 2 is 2.24 bits per heavy atom. The molecule has 7 heteroatoms. The summed E-state index contributed by atoms with van der Waals surface area (Å²) >= 11 is 0. The number of carboxylic acids is 1. The zero-order valence-electron chi connectivity index (χ0n) is 8.88. The van der Waals surface area contributed by atoms with Gasteiger partial charge in [-0.2, -0.15) is 0 Å². The van der Waals surface area contributed by atoms with Crippen molar-refractivity contribution in [3.05, 3.63) is 39.2 Å². The van der Waals surface area contributed by atoms with Gasteiger partial charge in [0, 0.05) is 6.20 Å². The Hall–Kier alpha value is -2.44. The number of nitrogens with one attached hydrogen (secondary N) is 1. The number of aliphatic carboxylic acids is 1. The van der Waals surface area contributed by atoms with E-state index < -0.39 is 23.3 Å². The maximum absolute atomic E-state index is 11.9. The zero-order chi connectivity index (χ0) is 12.6. The number of hydrogen-bond donors (Lipinski definition) is 2. The molecule has 2 rings (SSSR count). The average molecular weight is 235 g/mol. The molecule has 0 fully saturated rings. The second-order valence-corrected chi connectivity index (χ2v) is 3.52. The first-order chi connectivity index (χ1) is 8.02. The third kappa shape index (κ3) is 1.71. The van der Waals surface area contributed by atoms with E-state index in [4.69, 9.17) is 5.11 Å². The number of rotatable bonds is 2. The van der Waals surface area contributed by atoms with Crippen LogP contribution in [0.25, 0.3) is 11.0 Å². The van der Waals surface area contributed by atoms with Crippen LogP contribution in [0.2, 0.25) is 0 Å². The van der Waals surface area contributed by atoms with Gasteiger partial charge in [-0.25, -0.2) is 19.1 Å². The van der Waals surface area contributed by atoms with Gasteiger partial charge in [-0.3, -0.25) is 4.79 Å². The minimum Gasteiger partial charge on any atom is -0.480 e. The average Bonchev–Trinajstić information content (AvgIpc) is 2.28. The molecule has 0 saturated heterocycles. The number of carbonyl (C=O) groups is 1. The Balaban J connectivity index is 2.86. The van der Waals surface area contributed by atoms with Crippen LogP contribution in [0.4, 0.5) is 0 Å². The molecule has 7 nitrogen and oxygen atoms in total. The van der Waals surface area contributed by atoms with Crippen LogP contribution in [-0.4, -0.2) is 25.6 Å². The van der Waals surface area contributed by atoms with Crippen molar-refractivity contribution in [2.75, 3.05) is 0 Å². The second kappa shape index (κ2) is 3.85. The van der Waals surface area contributed by atoms with Gasteiger partial charge in [-0.1, -0.05) is 0 Å². The molecular weight excluding hydrogens is 226 g/mol. The summed E-state index contributed by atoms with van der Waals surface area (Å²) < 4.78 is 0.637. The largest absolute Gasteiger partial charge is 0.480 e. The maximum atomic E-state index is 11.9. The van der Waals surface area contributed by atoms with Crippen molar-refractivity contribution in [2.45, 2.75) is 13.0 Å². The molecule has 17 heavy (non-hydrogen) atoms. The molecule has 0 aromatic carbocycles. The van der Waals surface area contributed by atoms with E-state index in [2.05, 4.69) is 9.97 Å². The highest BCUT2D eigenvalue weighted by molar-refractivity contribution is 5.74. The Kier molecular flexibility index (Phi) is 2.51. The smallest absolute Gasteiger partial charge is 0.329 e. The molecule has 0 radical (unpaired) electrons. The van der Waals surface area contributed by atoms with Crippen LogP contribution in [0.3, 0.4) is 0 Å². The molecule has 0 saturated carbocycles. The van der Waals surface area contributed by atoms with Crippen LogP contribution < -0.4 is 11.2 Å². The highest BCUT2D eigenvalue weighted by Gasteiger charge is 2.19. The van der Waals surface area contributed by atoms with Crippen molar-refractivity contribution in [2.24, 2.45) is 0 Å². The third-order valence-electron chi connectivity index (χ3n) is 2.43. The summed E-state index contributed by atoms with van der Waals surface area (Å²) in [6, 6.07) is 1.86. The Labute approximate surface area is 94.4 Å². The summed E-state index contributed by atoms with van der Waals surface area (Å²) in [5.74, 6) is -1.26. The molecule has 0 spiro atoms. The van der Waals surface area contributed by atoms with E-state index in [0.717, 1.165) is 0 Å². The fourth-order valence-electron chi connectivity index (χ4n) is 1.52. The van der Waals surface area contributed by atoms with E-state index >= 15 is 0 Å². The van der Waals surface area contributed by atoms with E-state index in [0.29, 0.717) is 4.57 Å². The van der Waals surface area contributed by atoms with Crippen molar-refractivity contribution in [3.8, 4) is 0 Å². The number of carboxylic acid groups (broad SMARTS) is 1. The summed E-state index contributed by atoms with van der Waals surface area (Å²) in [7, 11) is 0. The van der Waals surface area contributed by atoms with Crippen LogP contribution >= 0.6 is 0 Å². The lowest BCUT2D eigenvalue weighted by atomic mass is 10.3. The summed E-state index contributed by atoms with van der Waals surface area (Å²) in [6.45, 7) is 1.26. The summed E-state index contributed by atoms with van der Waals surface area (Å²) in [5.41, 5.74) is -1.14. The maximum Gasteiger partial charge on any atom is 0.329 e. The predicted octanol–water partition coefficient (Wildman–Crippen LogP) is -0.270. The number of nitrogens with zero attached hydrogens (tertiary/aromatic N) is 2. The Morgan fingerprint density at radius 1 is 1.53 bits per heavy atom. The van der Waals surface area contributed by atoms with Gasteiger partial charge >= 0.3 is 11.7 Å². The van der Waals surface area contributed by atoms with Crippen molar-refractivity contribution >= 4 is 17.0 Å². The first kappa shape index (κ1) is 11.1. The minimum atomic E-state index is -1.26. The van der Waals surface area contributed by atoms with Gasteiger partial charge in [0.2, 0.25) is 0 Å². The highest BCUT2D eigenvalue weighted by Crippen LogP contribution is 2.03. The SMILES string of the molecule is CC(C(=O)O)n1c(=O)[nH]c2cccnc2c1=O. The number of fused-ring (bicyclic) bond motifs is 1. The van der Waals surface area contributed by atoms with Gasteiger partial charge in [-0.05, 0) is 19.1 Å². The molecule has 2 N–H and O–H groups in total. The van der Waals surface area contributed by atoms with Crippen LogP contribution in [0.15, 0.2) is 27.9 Å². The number of H-pyrrole nitrogens is 1. The molecular formula is C10H9N3O4. The normalized spacial score (nSPS) is 12.5. The molecule has 0 bridgehead atoms. The first-order valence-electron chi connectivity index (χ1n) is 4.84. The lowest BCUT2D eigenvalue weighted by Crippen LogP contribution is -2.40. The van der Waals surface area contributed by atoms with Crippen molar-refractivity contribution in [1.29, 1.82) is 0 Å². The Morgan fingerprint density at radius 3 is 2.88 bits per heavy atom. The molecule has 1 atom stereocenters. The number of hydrogen-bond acceptors (Lipinski definition) is 4. The lowest BCUT2D eigenvalue weighted by molar-refractivity contribution is -0.140. The second-order valence-electron chi connectivity index (χ2n) is 3.52. The third-order valence-corrected chi connectivity index (χ3v) is 2.43. The van der Waals surface area contributed by atoms with E-state index in [9.17, 15) is 14.4 Å². The van der Waals surface area contributed by atoms with Gasteiger partial charge in [0.1, 0.15) is 6.04 Å². The summed E-state index contributed by atoms with van der Waals surface area (Å²) in [5, 5.41) is 8.82. The molecule has 2 aromatic heterocycles. The monoisotopic (exact) mass is 235 g/mol. The van der Waals surface area contributed by atoms with Gasteiger partial charge in [-0.15, -0.1) is 0 Å².